The van der Waals surface area contributed by atoms with Crippen molar-refractivity contribution in [2.24, 2.45) is 0 Å². The molecule has 5 nitrogen and oxygen atoms in total. The van der Waals surface area contributed by atoms with Gasteiger partial charge in [0.05, 0.1) is 18.4 Å². The van der Waals surface area contributed by atoms with E-state index in [4.69, 9.17) is 4.74 Å². The molecule has 0 fully saturated rings. The maximum atomic E-state index is 11.8. The van der Waals surface area contributed by atoms with Gasteiger partial charge in [-0.3, -0.25) is 9.59 Å². The lowest BCUT2D eigenvalue weighted by atomic mass is 10.4. The van der Waals surface area contributed by atoms with Gasteiger partial charge in [-0.2, -0.15) is 0 Å². The maximum Gasteiger partial charge on any atom is 0.306 e. The zero-order valence-electron chi connectivity index (χ0n) is 10.7. The number of hydrogen-bond donors (Lipinski definition) is 1. The van der Waals surface area contributed by atoms with Crippen LogP contribution in [0, 0.1) is 6.92 Å². The van der Waals surface area contributed by atoms with Crippen molar-refractivity contribution in [3.8, 4) is 0 Å². The molecule has 0 unspecified atom stereocenters. The third-order valence-corrected chi connectivity index (χ3v) is 4.17. The number of nitrogens with one attached hydrogen (secondary N) is 1. The Labute approximate surface area is 118 Å². The number of hydrogen-bond acceptors (Lipinski definition) is 6. The van der Waals surface area contributed by atoms with Gasteiger partial charge in [0.15, 0.2) is 5.16 Å². The molecule has 0 aliphatic heterocycles. The molecule has 2 rings (SSSR count). The van der Waals surface area contributed by atoms with Gasteiger partial charge in [-0.15, -0.1) is 11.3 Å². The van der Waals surface area contributed by atoms with E-state index in [2.05, 4.69) is 9.97 Å². The summed E-state index contributed by atoms with van der Waals surface area (Å²) in [6, 6.07) is 1.83. The monoisotopic (exact) mass is 298 g/mol. The molecule has 0 bridgehead atoms. The second-order valence-corrected chi connectivity index (χ2v) is 6.17. The number of aromatic amines is 1. The SMILES string of the molecule is CCOC(=O)CCSc1nc2sc(C)cc2c(=O)[nH]1. The fourth-order valence-electron chi connectivity index (χ4n) is 1.56. The number of carbonyl (C=O) groups excluding carboxylic acids is 1. The van der Waals surface area contributed by atoms with Gasteiger partial charge >= 0.3 is 5.97 Å². The summed E-state index contributed by atoms with van der Waals surface area (Å²) in [5, 5.41) is 1.17. The summed E-state index contributed by atoms with van der Waals surface area (Å²) >= 11 is 2.84. The van der Waals surface area contributed by atoms with Gasteiger partial charge in [0, 0.05) is 10.6 Å². The zero-order valence-corrected chi connectivity index (χ0v) is 12.3. The average Bonchev–Trinajstić information content (AvgIpc) is 2.70. The lowest BCUT2D eigenvalue weighted by Gasteiger charge is -2.01. The quantitative estimate of drug-likeness (QED) is 0.521. The predicted octanol–water partition coefficient (Wildman–Crippen LogP) is 2.34. The van der Waals surface area contributed by atoms with Crippen LogP contribution in [-0.2, 0) is 9.53 Å². The molecule has 2 aromatic rings. The van der Waals surface area contributed by atoms with Crippen LogP contribution in [0.15, 0.2) is 16.0 Å². The summed E-state index contributed by atoms with van der Waals surface area (Å²) in [5.74, 6) is 0.308. The van der Waals surface area contributed by atoms with Gasteiger partial charge < -0.3 is 9.72 Å². The van der Waals surface area contributed by atoms with Gasteiger partial charge in [-0.05, 0) is 19.9 Å². The maximum absolute atomic E-state index is 11.8. The van der Waals surface area contributed by atoms with E-state index in [-0.39, 0.29) is 11.5 Å². The van der Waals surface area contributed by atoms with Crippen molar-refractivity contribution in [1.29, 1.82) is 0 Å². The van der Waals surface area contributed by atoms with Gasteiger partial charge in [0.25, 0.3) is 5.56 Å². The van der Waals surface area contributed by atoms with Crippen LogP contribution in [0.5, 0.6) is 0 Å². The van der Waals surface area contributed by atoms with Crippen molar-refractivity contribution >= 4 is 39.3 Å². The highest BCUT2D eigenvalue weighted by atomic mass is 32.2. The molecule has 0 aromatic carbocycles. The second-order valence-electron chi connectivity index (χ2n) is 3.85. The Morgan fingerprint density at radius 3 is 3.11 bits per heavy atom. The van der Waals surface area contributed by atoms with Crippen LogP contribution >= 0.6 is 23.1 Å². The molecule has 102 valence electrons. The van der Waals surface area contributed by atoms with Crippen LogP contribution in [0.1, 0.15) is 18.2 Å². The Balaban J connectivity index is 2.05. The fraction of sp³-hybridized carbons (Fsp3) is 0.417. The lowest BCUT2D eigenvalue weighted by Crippen LogP contribution is -2.09. The molecule has 1 N–H and O–H groups in total. The number of fused-ring (bicyclic) bond motifs is 1. The third-order valence-electron chi connectivity index (χ3n) is 2.35. The number of thiophene rings is 1. The van der Waals surface area contributed by atoms with Crippen LogP contribution in [0.3, 0.4) is 0 Å². The molecule has 0 spiro atoms. The summed E-state index contributed by atoms with van der Waals surface area (Å²) in [7, 11) is 0. The highest BCUT2D eigenvalue weighted by Gasteiger charge is 2.08. The fourth-order valence-corrected chi connectivity index (χ4v) is 3.29. The average molecular weight is 298 g/mol. The minimum Gasteiger partial charge on any atom is -0.466 e. The Bertz CT molecular complexity index is 648. The number of thioether (sulfide) groups is 1. The van der Waals surface area contributed by atoms with E-state index < -0.39 is 0 Å². The first-order chi connectivity index (χ1) is 9.10. The summed E-state index contributed by atoms with van der Waals surface area (Å²) in [4.78, 5) is 31.9. The van der Waals surface area contributed by atoms with E-state index in [9.17, 15) is 9.59 Å². The van der Waals surface area contributed by atoms with Crippen molar-refractivity contribution in [1.82, 2.24) is 9.97 Å². The standard InChI is InChI=1S/C12H14N2O3S2/c1-3-17-9(15)4-5-18-12-13-10(16)8-6-7(2)19-11(8)14-12/h6H,3-5H2,1-2H3,(H,13,14,16). The molecule has 2 heterocycles. The van der Waals surface area contributed by atoms with Crippen LogP contribution in [-0.4, -0.2) is 28.3 Å². The number of aromatic nitrogens is 2. The first-order valence-corrected chi connectivity index (χ1v) is 7.69. The van der Waals surface area contributed by atoms with Crippen LogP contribution < -0.4 is 5.56 Å². The molecule has 0 atom stereocenters. The van der Waals surface area contributed by atoms with Crippen LogP contribution in [0.4, 0.5) is 0 Å². The molecule has 0 saturated carbocycles. The van der Waals surface area contributed by atoms with E-state index >= 15 is 0 Å². The number of carbonyl (C=O) groups is 1. The van der Waals surface area contributed by atoms with Crippen molar-refractivity contribution in [3.05, 3.63) is 21.3 Å². The number of aryl methyl sites for hydroxylation is 1. The topological polar surface area (TPSA) is 72.0 Å². The second kappa shape index (κ2) is 6.21. The van der Waals surface area contributed by atoms with E-state index in [1.807, 2.05) is 13.0 Å². The Hall–Kier alpha value is -1.34. The molecule has 0 radical (unpaired) electrons. The van der Waals surface area contributed by atoms with E-state index in [0.29, 0.717) is 29.3 Å². The Morgan fingerprint density at radius 1 is 1.58 bits per heavy atom. The van der Waals surface area contributed by atoms with Gasteiger partial charge in [0.1, 0.15) is 4.83 Å². The Kier molecular flexibility index (Phi) is 4.60. The van der Waals surface area contributed by atoms with Crippen molar-refractivity contribution in [2.45, 2.75) is 25.4 Å². The molecule has 0 saturated heterocycles. The summed E-state index contributed by atoms with van der Waals surface area (Å²) in [5.41, 5.74) is -0.131. The van der Waals surface area contributed by atoms with Crippen molar-refractivity contribution < 1.29 is 9.53 Å². The normalized spacial score (nSPS) is 10.8. The van der Waals surface area contributed by atoms with E-state index in [0.717, 1.165) is 9.71 Å². The van der Waals surface area contributed by atoms with Crippen LogP contribution in [0.2, 0.25) is 0 Å². The van der Waals surface area contributed by atoms with E-state index in [1.165, 1.54) is 23.1 Å². The third kappa shape index (κ3) is 3.57. The predicted molar refractivity (Wildman–Crippen MR) is 77.0 cm³/mol. The lowest BCUT2D eigenvalue weighted by molar-refractivity contribution is -0.142. The number of esters is 1. The highest BCUT2D eigenvalue weighted by Crippen LogP contribution is 2.22. The van der Waals surface area contributed by atoms with Gasteiger partial charge in [-0.25, -0.2) is 4.98 Å². The smallest absolute Gasteiger partial charge is 0.306 e. The molecule has 0 amide bonds. The molecule has 19 heavy (non-hydrogen) atoms. The summed E-state index contributed by atoms with van der Waals surface area (Å²) < 4.78 is 4.83. The number of rotatable bonds is 5. The largest absolute Gasteiger partial charge is 0.466 e. The molecular weight excluding hydrogens is 284 g/mol. The number of nitrogens with zero attached hydrogens (tertiary/aromatic N) is 1. The first-order valence-electron chi connectivity index (χ1n) is 5.89. The highest BCUT2D eigenvalue weighted by molar-refractivity contribution is 7.99. The molecule has 0 aliphatic carbocycles. The van der Waals surface area contributed by atoms with E-state index in [1.54, 1.807) is 6.92 Å². The molecular formula is C12H14N2O3S2. The van der Waals surface area contributed by atoms with Crippen molar-refractivity contribution in [2.75, 3.05) is 12.4 Å². The minimum atomic E-state index is -0.231. The number of ether oxygens (including phenoxy) is 1. The van der Waals surface area contributed by atoms with Crippen LogP contribution in [0.25, 0.3) is 10.2 Å². The summed E-state index contributed by atoms with van der Waals surface area (Å²) in [6.07, 6.45) is 0.309. The van der Waals surface area contributed by atoms with Gasteiger partial charge in [0.2, 0.25) is 0 Å². The molecule has 7 heteroatoms. The molecule has 0 aliphatic rings. The molecule has 2 aromatic heterocycles. The first kappa shape index (κ1) is 14.1. The van der Waals surface area contributed by atoms with Crippen molar-refractivity contribution in [3.63, 3.8) is 0 Å². The number of H-pyrrole nitrogens is 1. The Morgan fingerprint density at radius 2 is 2.37 bits per heavy atom. The summed E-state index contributed by atoms with van der Waals surface area (Å²) in [6.45, 7) is 4.11. The van der Waals surface area contributed by atoms with Gasteiger partial charge in [-0.1, -0.05) is 11.8 Å². The zero-order chi connectivity index (χ0) is 13.8. The minimum absolute atomic E-state index is 0.131.